The number of hydrogen-bond acceptors (Lipinski definition) is 2. The van der Waals surface area contributed by atoms with Crippen LogP contribution in [0.5, 0.6) is 0 Å². The van der Waals surface area contributed by atoms with Crippen molar-refractivity contribution >= 4 is 10.9 Å². The van der Waals surface area contributed by atoms with E-state index in [0.29, 0.717) is 12.3 Å². The Morgan fingerprint density at radius 1 is 1.22 bits per heavy atom. The molecule has 0 bridgehead atoms. The minimum Gasteiger partial charge on any atom is -0.253 e. The second-order valence-corrected chi connectivity index (χ2v) is 5.17. The molecule has 1 aromatic heterocycles. The first-order chi connectivity index (χ1) is 8.52. The van der Waals surface area contributed by atoms with E-state index in [0.717, 1.165) is 22.2 Å². The first-order valence-corrected chi connectivity index (χ1v) is 6.30. The van der Waals surface area contributed by atoms with Crippen molar-refractivity contribution in [1.29, 1.82) is 5.26 Å². The molecule has 0 radical (unpaired) electrons. The molecule has 0 fully saturated rings. The summed E-state index contributed by atoms with van der Waals surface area (Å²) in [5.41, 5.74) is 5.61. The monoisotopic (exact) mass is 238 g/mol. The van der Waals surface area contributed by atoms with Crippen molar-refractivity contribution in [3.63, 3.8) is 0 Å². The molecule has 92 valence electrons. The van der Waals surface area contributed by atoms with Crippen molar-refractivity contribution in [2.75, 3.05) is 0 Å². The highest BCUT2D eigenvalue weighted by atomic mass is 14.7. The van der Waals surface area contributed by atoms with Gasteiger partial charge in [-0.2, -0.15) is 5.26 Å². The molecule has 2 rings (SSSR count). The summed E-state index contributed by atoms with van der Waals surface area (Å²) < 4.78 is 0. The first kappa shape index (κ1) is 12.6. The van der Waals surface area contributed by atoms with Crippen molar-refractivity contribution in [3.05, 3.63) is 40.6 Å². The van der Waals surface area contributed by atoms with Gasteiger partial charge in [0.05, 0.1) is 18.0 Å². The van der Waals surface area contributed by atoms with Crippen molar-refractivity contribution in [3.8, 4) is 6.07 Å². The fraction of sp³-hybridized carbons (Fsp3) is 0.375. The highest BCUT2D eigenvalue weighted by molar-refractivity contribution is 5.86. The van der Waals surface area contributed by atoms with Crippen molar-refractivity contribution < 1.29 is 0 Å². The van der Waals surface area contributed by atoms with E-state index in [4.69, 9.17) is 10.2 Å². The van der Waals surface area contributed by atoms with Gasteiger partial charge in [-0.3, -0.25) is 4.98 Å². The molecule has 0 aliphatic carbocycles. The van der Waals surface area contributed by atoms with Gasteiger partial charge in [-0.25, -0.2) is 0 Å². The van der Waals surface area contributed by atoms with E-state index in [2.05, 4.69) is 52.0 Å². The summed E-state index contributed by atoms with van der Waals surface area (Å²) in [4.78, 5) is 4.73. The lowest BCUT2D eigenvalue weighted by Gasteiger charge is -2.12. The van der Waals surface area contributed by atoms with Crippen LogP contribution in [0, 0.1) is 25.2 Å². The van der Waals surface area contributed by atoms with E-state index in [-0.39, 0.29) is 0 Å². The quantitative estimate of drug-likeness (QED) is 0.791. The number of fused-ring (bicyclic) bond motifs is 1. The molecule has 0 atom stereocenters. The Bertz CT molecular complexity index is 634. The molecule has 0 saturated carbocycles. The SMILES string of the molecule is Cc1cc(C)c2c(CC#N)cc(C(C)C)nc2c1. The van der Waals surface area contributed by atoms with Crippen LogP contribution in [-0.2, 0) is 6.42 Å². The predicted molar refractivity (Wildman–Crippen MR) is 74.6 cm³/mol. The fourth-order valence-electron chi connectivity index (χ4n) is 2.39. The third-order valence-electron chi connectivity index (χ3n) is 3.21. The molecule has 2 aromatic rings. The molecular formula is C16H18N2. The second-order valence-electron chi connectivity index (χ2n) is 5.17. The van der Waals surface area contributed by atoms with Crippen LogP contribution < -0.4 is 0 Å². The summed E-state index contributed by atoms with van der Waals surface area (Å²) in [5.74, 6) is 0.382. The number of benzene rings is 1. The van der Waals surface area contributed by atoms with E-state index in [9.17, 15) is 0 Å². The molecule has 0 aliphatic rings. The van der Waals surface area contributed by atoms with Gasteiger partial charge in [0.15, 0.2) is 0 Å². The summed E-state index contributed by atoms with van der Waals surface area (Å²) in [7, 11) is 0. The first-order valence-electron chi connectivity index (χ1n) is 6.30. The average Bonchev–Trinajstić information content (AvgIpc) is 2.27. The maximum absolute atomic E-state index is 8.98. The summed E-state index contributed by atoms with van der Waals surface area (Å²) in [6.45, 7) is 8.44. The van der Waals surface area contributed by atoms with E-state index in [1.165, 1.54) is 11.1 Å². The number of aryl methyl sites for hydroxylation is 2. The molecule has 0 unspecified atom stereocenters. The Morgan fingerprint density at radius 2 is 1.94 bits per heavy atom. The number of hydrogen-bond donors (Lipinski definition) is 0. The van der Waals surface area contributed by atoms with Gasteiger partial charge in [0, 0.05) is 11.1 Å². The van der Waals surface area contributed by atoms with Crippen LogP contribution in [0.4, 0.5) is 0 Å². The normalized spacial score (nSPS) is 10.9. The van der Waals surface area contributed by atoms with Gasteiger partial charge in [-0.1, -0.05) is 19.9 Å². The molecule has 0 spiro atoms. The Balaban J connectivity index is 2.81. The molecule has 1 aromatic carbocycles. The molecule has 0 amide bonds. The fourth-order valence-corrected chi connectivity index (χ4v) is 2.39. The van der Waals surface area contributed by atoms with Crippen molar-refractivity contribution in [2.24, 2.45) is 0 Å². The van der Waals surface area contributed by atoms with Crippen LogP contribution in [0.2, 0.25) is 0 Å². The maximum atomic E-state index is 8.98. The van der Waals surface area contributed by atoms with Crippen LogP contribution in [-0.4, -0.2) is 4.98 Å². The van der Waals surface area contributed by atoms with Gasteiger partial charge in [-0.15, -0.1) is 0 Å². The number of aromatic nitrogens is 1. The molecule has 0 saturated heterocycles. The number of nitrogens with zero attached hydrogens (tertiary/aromatic N) is 2. The van der Waals surface area contributed by atoms with Crippen LogP contribution in [0.25, 0.3) is 10.9 Å². The Hall–Kier alpha value is -1.88. The third-order valence-corrected chi connectivity index (χ3v) is 3.21. The lowest BCUT2D eigenvalue weighted by atomic mass is 9.97. The molecule has 2 nitrogen and oxygen atoms in total. The topological polar surface area (TPSA) is 36.7 Å². The van der Waals surface area contributed by atoms with E-state index in [1.807, 2.05) is 0 Å². The maximum Gasteiger partial charge on any atom is 0.0713 e. The van der Waals surface area contributed by atoms with Crippen LogP contribution in [0.15, 0.2) is 18.2 Å². The van der Waals surface area contributed by atoms with Gasteiger partial charge in [0.1, 0.15) is 0 Å². The van der Waals surface area contributed by atoms with Gasteiger partial charge < -0.3 is 0 Å². The van der Waals surface area contributed by atoms with Crippen LogP contribution in [0.3, 0.4) is 0 Å². The summed E-state index contributed by atoms with van der Waals surface area (Å²) >= 11 is 0. The minimum absolute atomic E-state index is 0.382. The molecule has 1 heterocycles. The number of pyridine rings is 1. The number of nitriles is 1. The lowest BCUT2D eigenvalue weighted by molar-refractivity contribution is 0.827. The molecular weight excluding hydrogens is 220 g/mol. The zero-order chi connectivity index (χ0) is 13.3. The number of rotatable bonds is 2. The highest BCUT2D eigenvalue weighted by Crippen LogP contribution is 2.26. The van der Waals surface area contributed by atoms with Gasteiger partial charge >= 0.3 is 0 Å². The Kier molecular flexibility index (Phi) is 3.34. The van der Waals surface area contributed by atoms with Gasteiger partial charge in [-0.05, 0) is 48.6 Å². The third kappa shape index (κ3) is 2.22. The van der Waals surface area contributed by atoms with Crippen LogP contribution >= 0.6 is 0 Å². The second kappa shape index (κ2) is 4.78. The van der Waals surface area contributed by atoms with Crippen LogP contribution in [0.1, 0.15) is 42.1 Å². The largest absolute Gasteiger partial charge is 0.253 e. The molecule has 0 N–H and O–H groups in total. The summed E-state index contributed by atoms with van der Waals surface area (Å²) in [5, 5.41) is 10.1. The average molecular weight is 238 g/mol. The zero-order valence-electron chi connectivity index (χ0n) is 11.4. The Labute approximate surface area is 108 Å². The molecule has 2 heteroatoms. The van der Waals surface area contributed by atoms with Crippen molar-refractivity contribution in [2.45, 2.75) is 40.0 Å². The Morgan fingerprint density at radius 3 is 2.56 bits per heavy atom. The summed E-state index contributed by atoms with van der Waals surface area (Å²) in [6, 6.07) is 8.60. The minimum atomic E-state index is 0.382. The van der Waals surface area contributed by atoms with E-state index < -0.39 is 0 Å². The van der Waals surface area contributed by atoms with Gasteiger partial charge in [0.25, 0.3) is 0 Å². The standard InChI is InChI=1S/C16H18N2/c1-10(2)14-9-13(5-6-17)16-12(4)7-11(3)8-15(16)18-14/h7-10H,5H2,1-4H3. The molecule has 18 heavy (non-hydrogen) atoms. The van der Waals surface area contributed by atoms with Crippen molar-refractivity contribution in [1.82, 2.24) is 4.98 Å². The lowest BCUT2D eigenvalue weighted by Crippen LogP contribution is -1.99. The predicted octanol–water partition coefficient (Wildman–Crippen LogP) is 4.04. The van der Waals surface area contributed by atoms with E-state index in [1.54, 1.807) is 0 Å². The highest BCUT2D eigenvalue weighted by Gasteiger charge is 2.10. The van der Waals surface area contributed by atoms with E-state index >= 15 is 0 Å². The van der Waals surface area contributed by atoms with Gasteiger partial charge in [0.2, 0.25) is 0 Å². The molecule has 0 aliphatic heterocycles. The zero-order valence-corrected chi connectivity index (χ0v) is 11.4. The summed E-state index contributed by atoms with van der Waals surface area (Å²) in [6.07, 6.45) is 0.447. The smallest absolute Gasteiger partial charge is 0.0713 e.